The zero-order valence-electron chi connectivity index (χ0n) is 15.4. The molecule has 0 bridgehead atoms. The van der Waals surface area contributed by atoms with Gasteiger partial charge in [0.25, 0.3) is 0 Å². The Kier molecular flexibility index (Phi) is 6.30. The van der Waals surface area contributed by atoms with Crippen molar-refractivity contribution < 1.29 is 9.53 Å². The Hall–Kier alpha value is -2.32. The molecule has 1 fully saturated rings. The molecule has 1 N–H and O–H groups in total. The lowest BCUT2D eigenvalue weighted by atomic mass is 9.82. The number of benzene rings is 1. The van der Waals surface area contributed by atoms with Crippen LogP contribution in [0.25, 0.3) is 0 Å². The summed E-state index contributed by atoms with van der Waals surface area (Å²) in [6, 6.07) is 8.26. The van der Waals surface area contributed by atoms with Crippen molar-refractivity contribution in [3.63, 3.8) is 0 Å². The fraction of sp³-hybridized carbons (Fsp3) is 0.524. The maximum atomic E-state index is 12.5. The molecule has 1 aromatic carbocycles. The highest BCUT2D eigenvalue weighted by molar-refractivity contribution is 5.77. The van der Waals surface area contributed by atoms with Gasteiger partial charge in [-0.2, -0.15) is 5.26 Å². The Morgan fingerprint density at radius 3 is 2.81 bits per heavy atom. The molecule has 1 aromatic rings. The monoisotopic (exact) mass is 353 g/mol. The number of nitriles is 1. The first-order chi connectivity index (χ1) is 12.7. The average Bonchev–Trinajstić information content (AvgIpc) is 3.22. The molecule has 3 rings (SSSR count). The first-order valence-electron chi connectivity index (χ1n) is 9.44. The summed E-state index contributed by atoms with van der Waals surface area (Å²) in [6.45, 7) is 2.22. The third kappa shape index (κ3) is 4.44. The van der Waals surface area contributed by atoms with E-state index in [4.69, 9.17) is 4.74 Å². The molecule has 1 saturated carbocycles. The molecule has 26 heavy (non-hydrogen) atoms. The zero-order chi connectivity index (χ0) is 18.4. The van der Waals surface area contributed by atoms with Crippen molar-refractivity contribution >= 4 is 5.91 Å². The summed E-state index contributed by atoms with van der Waals surface area (Å²) >= 11 is 0. The van der Waals surface area contributed by atoms with E-state index in [0.29, 0.717) is 36.2 Å². The van der Waals surface area contributed by atoms with Gasteiger partial charge in [-0.05, 0) is 36.5 Å². The second kappa shape index (κ2) is 8.86. The van der Waals surface area contributed by atoms with Crippen LogP contribution in [0.5, 0.6) is 5.75 Å². The second-order valence-corrected chi connectivity index (χ2v) is 7.15. The molecule has 1 amide bonds. The fourth-order valence-corrected chi connectivity index (χ4v) is 3.96. The van der Waals surface area contributed by atoms with Crippen molar-refractivity contribution in [1.82, 2.24) is 10.2 Å². The molecule has 0 aromatic heterocycles. The van der Waals surface area contributed by atoms with E-state index in [1.807, 2.05) is 23.1 Å². The molecule has 0 saturated heterocycles. The van der Waals surface area contributed by atoms with Crippen molar-refractivity contribution in [3.05, 3.63) is 41.5 Å². The van der Waals surface area contributed by atoms with Gasteiger partial charge in [0, 0.05) is 32.1 Å². The molecule has 0 radical (unpaired) electrons. The minimum absolute atomic E-state index is 0.268. The van der Waals surface area contributed by atoms with Gasteiger partial charge in [0.05, 0.1) is 12.7 Å². The molecule has 0 spiro atoms. The average molecular weight is 353 g/mol. The standard InChI is InChI=1S/C21H27N3O2/c1-26-20-9-8-16(12-18(20)14-22)15-23-19-7-3-2-6-17(19)13-21(25)24-10-4-5-11-24/h4-5,8-9,12,17,19,23H,2-3,6-7,10-11,13,15H2,1H3/t17-,19-/m0/s1. The lowest BCUT2D eigenvalue weighted by molar-refractivity contribution is -0.131. The molecule has 1 aliphatic heterocycles. The van der Waals surface area contributed by atoms with Crippen molar-refractivity contribution in [2.75, 3.05) is 20.2 Å². The van der Waals surface area contributed by atoms with Crippen molar-refractivity contribution in [2.24, 2.45) is 5.92 Å². The van der Waals surface area contributed by atoms with Crippen LogP contribution in [0, 0.1) is 17.2 Å². The van der Waals surface area contributed by atoms with Crippen LogP contribution in [0.2, 0.25) is 0 Å². The number of carbonyl (C=O) groups excluding carboxylic acids is 1. The second-order valence-electron chi connectivity index (χ2n) is 7.15. The third-order valence-corrected chi connectivity index (χ3v) is 5.47. The van der Waals surface area contributed by atoms with Gasteiger partial charge in [-0.15, -0.1) is 0 Å². The Labute approximate surface area is 155 Å². The Balaban J connectivity index is 1.58. The summed E-state index contributed by atoms with van der Waals surface area (Å²) in [5.74, 6) is 1.27. The van der Waals surface area contributed by atoms with E-state index in [1.165, 1.54) is 12.8 Å². The lowest BCUT2D eigenvalue weighted by Gasteiger charge is -2.33. The minimum Gasteiger partial charge on any atom is -0.495 e. The van der Waals surface area contributed by atoms with Crippen LogP contribution in [0.15, 0.2) is 30.4 Å². The minimum atomic E-state index is 0.268. The Morgan fingerprint density at radius 2 is 2.08 bits per heavy atom. The summed E-state index contributed by atoms with van der Waals surface area (Å²) in [5, 5.41) is 12.9. The van der Waals surface area contributed by atoms with Crippen LogP contribution in [0.1, 0.15) is 43.2 Å². The van der Waals surface area contributed by atoms with E-state index < -0.39 is 0 Å². The van der Waals surface area contributed by atoms with E-state index in [9.17, 15) is 10.1 Å². The van der Waals surface area contributed by atoms with Crippen molar-refractivity contribution in [2.45, 2.75) is 44.7 Å². The van der Waals surface area contributed by atoms with E-state index in [-0.39, 0.29) is 5.91 Å². The molecule has 1 heterocycles. The molecular weight excluding hydrogens is 326 g/mol. The normalized spacial score (nSPS) is 22.2. The lowest BCUT2D eigenvalue weighted by Crippen LogP contribution is -2.41. The van der Waals surface area contributed by atoms with E-state index in [2.05, 4.69) is 23.5 Å². The molecule has 5 nitrogen and oxygen atoms in total. The fourth-order valence-electron chi connectivity index (χ4n) is 3.96. The number of hydrogen-bond donors (Lipinski definition) is 1. The predicted molar refractivity (Wildman–Crippen MR) is 101 cm³/mol. The van der Waals surface area contributed by atoms with Crippen LogP contribution in [0.3, 0.4) is 0 Å². The van der Waals surface area contributed by atoms with Gasteiger partial charge in [0.1, 0.15) is 11.8 Å². The largest absolute Gasteiger partial charge is 0.495 e. The van der Waals surface area contributed by atoms with Gasteiger partial charge in [0.15, 0.2) is 0 Å². The van der Waals surface area contributed by atoms with Gasteiger partial charge < -0.3 is 15.0 Å². The summed E-state index contributed by atoms with van der Waals surface area (Å²) < 4.78 is 5.21. The highest BCUT2D eigenvalue weighted by Gasteiger charge is 2.28. The highest BCUT2D eigenvalue weighted by Crippen LogP contribution is 2.28. The topological polar surface area (TPSA) is 65.4 Å². The molecule has 1 aliphatic carbocycles. The third-order valence-electron chi connectivity index (χ3n) is 5.47. The number of methoxy groups -OCH3 is 1. The summed E-state index contributed by atoms with van der Waals surface area (Å²) in [6.07, 6.45) is 9.38. The maximum absolute atomic E-state index is 12.5. The number of amides is 1. The highest BCUT2D eigenvalue weighted by atomic mass is 16.5. The Morgan fingerprint density at radius 1 is 1.31 bits per heavy atom. The predicted octanol–water partition coefficient (Wildman–Crippen LogP) is 3.00. The number of nitrogens with zero attached hydrogens (tertiary/aromatic N) is 2. The molecule has 2 aliphatic rings. The number of hydrogen-bond acceptors (Lipinski definition) is 4. The molecule has 2 atom stereocenters. The first kappa shape index (κ1) is 18.5. The summed E-state index contributed by atoms with van der Waals surface area (Å²) in [4.78, 5) is 14.4. The maximum Gasteiger partial charge on any atom is 0.223 e. The van der Waals surface area contributed by atoms with E-state index >= 15 is 0 Å². The van der Waals surface area contributed by atoms with Crippen molar-refractivity contribution in [1.29, 1.82) is 5.26 Å². The molecule has 0 unspecified atom stereocenters. The van der Waals surface area contributed by atoms with Gasteiger partial charge in [0.2, 0.25) is 5.91 Å². The van der Waals surface area contributed by atoms with Crippen LogP contribution >= 0.6 is 0 Å². The van der Waals surface area contributed by atoms with Crippen LogP contribution in [0.4, 0.5) is 0 Å². The zero-order valence-corrected chi connectivity index (χ0v) is 15.4. The molecule has 138 valence electrons. The first-order valence-corrected chi connectivity index (χ1v) is 9.44. The van der Waals surface area contributed by atoms with Gasteiger partial charge >= 0.3 is 0 Å². The van der Waals surface area contributed by atoms with Gasteiger partial charge in [-0.1, -0.05) is 31.1 Å². The molecular formula is C21H27N3O2. The van der Waals surface area contributed by atoms with E-state index in [1.54, 1.807) is 7.11 Å². The van der Waals surface area contributed by atoms with Crippen LogP contribution in [-0.4, -0.2) is 37.0 Å². The van der Waals surface area contributed by atoms with Gasteiger partial charge in [-0.25, -0.2) is 0 Å². The van der Waals surface area contributed by atoms with Crippen LogP contribution < -0.4 is 10.1 Å². The van der Waals surface area contributed by atoms with E-state index in [0.717, 1.165) is 31.5 Å². The SMILES string of the molecule is COc1ccc(CN[C@H]2CCCC[C@H]2CC(=O)N2CC=CC2)cc1C#N. The van der Waals surface area contributed by atoms with Crippen molar-refractivity contribution in [3.8, 4) is 11.8 Å². The number of nitrogens with one attached hydrogen (secondary N) is 1. The summed E-state index contributed by atoms with van der Waals surface area (Å²) in [5.41, 5.74) is 1.63. The molecule has 5 heteroatoms. The summed E-state index contributed by atoms with van der Waals surface area (Å²) in [7, 11) is 1.58. The number of ether oxygens (including phenoxy) is 1. The quantitative estimate of drug-likeness (QED) is 0.799. The smallest absolute Gasteiger partial charge is 0.223 e. The van der Waals surface area contributed by atoms with Crippen LogP contribution in [-0.2, 0) is 11.3 Å². The van der Waals surface area contributed by atoms with Gasteiger partial charge in [-0.3, -0.25) is 4.79 Å². The Bertz CT molecular complexity index is 700. The number of carbonyl (C=O) groups is 1. The number of rotatable bonds is 6.